The maximum Gasteiger partial charge on any atom is 0.126 e. The molecule has 1 aromatic heterocycles. The van der Waals surface area contributed by atoms with Gasteiger partial charge in [-0.25, -0.2) is 8.78 Å². The van der Waals surface area contributed by atoms with Crippen LogP contribution in [-0.2, 0) is 6.42 Å². The molecule has 21 heavy (non-hydrogen) atoms. The van der Waals surface area contributed by atoms with E-state index in [1.165, 1.54) is 6.07 Å². The molecule has 2 rings (SSSR count). The molecule has 1 N–H and O–H groups in total. The van der Waals surface area contributed by atoms with Gasteiger partial charge in [0.05, 0.1) is 11.7 Å². The minimum Gasteiger partial charge on any atom is -0.308 e. The smallest absolute Gasteiger partial charge is 0.126 e. The van der Waals surface area contributed by atoms with Crippen LogP contribution in [0.2, 0.25) is 0 Å². The van der Waals surface area contributed by atoms with Crippen LogP contribution in [0, 0.1) is 11.6 Å². The standard InChI is InChI=1S/C16H17BrF2N2/c1-2-7-20-16(15-6-3-12(17)10-21-15)9-11-8-13(18)4-5-14(11)19/h3-6,8,10,16,20H,2,7,9H2,1H3. The summed E-state index contributed by atoms with van der Waals surface area (Å²) in [5.74, 6) is -0.818. The molecule has 0 saturated carbocycles. The van der Waals surface area contributed by atoms with E-state index in [9.17, 15) is 8.78 Å². The quantitative estimate of drug-likeness (QED) is 0.831. The Kier molecular flexibility index (Phi) is 5.82. The van der Waals surface area contributed by atoms with Gasteiger partial charge in [0, 0.05) is 10.7 Å². The summed E-state index contributed by atoms with van der Waals surface area (Å²) in [5, 5.41) is 3.33. The van der Waals surface area contributed by atoms with Gasteiger partial charge in [0.2, 0.25) is 0 Å². The molecule has 1 unspecified atom stereocenters. The summed E-state index contributed by atoms with van der Waals surface area (Å²) >= 11 is 3.34. The topological polar surface area (TPSA) is 24.9 Å². The summed E-state index contributed by atoms with van der Waals surface area (Å²) in [6, 6.07) is 7.17. The molecule has 1 heterocycles. The molecule has 2 nitrogen and oxygen atoms in total. The van der Waals surface area contributed by atoms with Crippen molar-refractivity contribution < 1.29 is 8.78 Å². The molecule has 0 amide bonds. The van der Waals surface area contributed by atoms with Crippen LogP contribution >= 0.6 is 15.9 Å². The third kappa shape index (κ3) is 4.58. The number of rotatable bonds is 6. The molecule has 5 heteroatoms. The van der Waals surface area contributed by atoms with Gasteiger partial charge in [0.15, 0.2) is 0 Å². The van der Waals surface area contributed by atoms with Gasteiger partial charge in [-0.1, -0.05) is 6.92 Å². The lowest BCUT2D eigenvalue weighted by Crippen LogP contribution is -2.25. The average molecular weight is 355 g/mol. The van der Waals surface area contributed by atoms with Crippen LogP contribution in [0.4, 0.5) is 8.78 Å². The SMILES string of the molecule is CCCNC(Cc1cc(F)ccc1F)c1ccc(Br)cn1. The van der Waals surface area contributed by atoms with Crippen molar-refractivity contribution in [2.24, 2.45) is 0 Å². The monoisotopic (exact) mass is 354 g/mol. The lowest BCUT2D eigenvalue weighted by Gasteiger charge is -2.18. The Hall–Kier alpha value is -1.33. The fourth-order valence-corrected chi connectivity index (χ4v) is 2.35. The molecule has 2 aromatic rings. The van der Waals surface area contributed by atoms with E-state index in [0.29, 0.717) is 12.0 Å². The molecule has 0 saturated heterocycles. The van der Waals surface area contributed by atoms with Crippen LogP contribution < -0.4 is 5.32 Å². The molecule has 1 atom stereocenters. The lowest BCUT2D eigenvalue weighted by molar-refractivity contribution is 0.499. The summed E-state index contributed by atoms with van der Waals surface area (Å²) in [7, 11) is 0. The Morgan fingerprint density at radius 3 is 2.71 bits per heavy atom. The van der Waals surface area contributed by atoms with E-state index in [1.807, 2.05) is 12.1 Å². The Bertz CT molecular complexity index is 587. The first-order chi connectivity index (χ1) is 10.1. The summed E-state index contributed by atoms with van der Waals surface area (Å²) in [6.45, 7) is 2.85. The van der Waals surface area contributed by atoms with Crippen molar-refractivity contribution in [3.63, 3.8) is 0 Å². The van der Waals surface area contributed by atoms with Crippen LogP contribution in [-0.4, -0.2) is 11.5 Å². The Labute approximate surface area is 131 Å². The lowest BCUT2D eigenvalue weighted by atomic mass is 10.0. The zero-order valence-corrected chi connectivity index (χ0v) is 13.3. The van der Waals surface area contributed by atoms with Crippen molar-refractivity contribution in [3.05, 3.63) is 63.9 Å². The second-order valence-electron chi connectivity index (χ2n) is 4.85. The molecule has 1 aromatic carbocycles. The molecule has 0 bridgehead atoms. The maximum atomic E-state index is 13.8. The number of hydrogen-bond donors (Lipinski definition) is 1. The van der Waals surface area contributed by atoms with E-state index < -0.39 is 11.6 Å². The van der Waals surface area contributed by atoms with Crippen molar-refractivity contribution in [2.75, 3.05) is 6.54 Å². The van der Waals surface area contributed by atoms with Gasteiger partial charge in [-0.3, -0.25) is 4.98 Å². The normalized spacial score (nSPS) is 12.4. The minimum atomic E-state index is -0.426. The molecular formula is C16H17BrF2N2. The zero-order chi connectivity index (χ0) is 15.2. The molecule has 0 aliphatic heterocycles. The average Bonchev–Trinajstić information content (AvgIpc) is 2.48. The highest BCUT2D eigenvalue weighted by molar-refractivity contribution is 9.10. The molecule has 0 fully saturated rings. The van der Waals surface area contributed by atoms with Crippen molar-refractivity contribution in [1.82, 2.24) is 10.3 Å². The number of aromatic nitrogens is 1. The Balaban J connectivity index is 2.23. The summed E-state index contributed by atoms with van der Waals surface area (Å²) < 4.78 is 28.0. The molecule has 112 valence electrons. The minimum absolute atomic E-state index is 0.144. The predicted octanol–water partition coefficient (Wildman–Crippen LogP) is 4.41. The van der Waals surface area contributed by atoms with Crippen molar-refractivity contribution in [3.8, 4) is 0 Å². The first-order valence-corrected chi connectivity index (χ1v) is 7.68. The maximum absolute atomic E-state index is 13.8. The van der Waals surface area contributed by atoms with E-state index in [-0.39, 0.29) is 6.04 Å². The van der Waals surface area contributed by atoms with Crippen molar-refractivity contribution >= 4 is 15.9 Å². The zero-order valence-electron chi connectivity index (χ0n) is 11.7. The van der Waals surface area contributed by atoms with Gasteiger partial charge < -0.3 is 5.32 Å². The van der Waals surface area contributed by atoms with Crippen LogP contribution in [0.15, 0.2) is 41.0 Å². The van der Waals surface area contributed by atoms with E-state index >= 15 is 0 Å². The largest absolute Gasteiger partial charge is 0.308 e. The van der Waals surface area contributed by atoms with E-state index in [0.717, 1.165) is 35.3 Å². The number of hydrogen-bond acceptors (Lipinski definition) is 2. The molecule has 0 aliphatic carbocycles. The number of nitrogens with zero attached hydrogens (tertiary/aromatic N) is 1. The third-order valence-electron chi connectivity index (χ3n) is 3.18. The van der Waals surface area contributed by atoms with E-state index in [2.05, 4.69) is 33.2 Å². The number of nitrogens with one attached hydrogen (secondary N) is 1. The highest BCUT2D eigenvalue weighted by Gasteiger charge is 2.16. The summed E-state index contributed by atoms with van der Waals surface area (Å²) in [5.41, 5.74) is 1.17. The van der Waals surface area contributed by atoms with Crippen LogP contribution in [0.3, 0.4) is 0 Å². The first kappa shape index (κ1) is 16.0. The van der Waals surface area contributed by atoms with Crippen LogP contribution in [0.5, 0.6) is 0 Å². The van der Waals surface area contributed by atoms with Crippen molar-refractivity contribution in [1.29, 1.82) is 0 Å². The molecular weight excluding hydrogens is 338 g/mol. The predicted molar refractivity (Wildman–Crippen MR) is 83.0 cm³/mol. The van der Waals surface area contributed by atoms with Gasteiger partial charge in [0.1, 0.15) is 11.6 Å². The van der Waals surface area contributed by atoms with Gasteiger partial charge in [-0.15, -0.1) is 0 Å². The van der Waals surface area contributed by atoms with Gasteiger partial charge in [-0.05, 0) is 71.2 Å². The Morgan fingerprint density at radius 2 is 2.05 bits per heavy atom. The highest BCUT2D eigenvalue weighted by atomic mass is 79.9. The van der Waals surface area contributed by atoms with Crippen molar-refractivity contribution in [2.45, 2.75) is 25.8 Å². The third-order valence-corrected chi connectivity index (χ3v) is 3.65. The fourth-order valence-electron chi connectivity index (χ4n) is 2.11. The summed E-state index contributed by atoms with van der Waals surface area (Å²) in [4.78, 5) is 4.35. The number of pyridine rings is 1. The highest BCUT2D eigenvalue weighted by Crippen LogP contribution is 2.21. The second-order valence-corrected chi connectivity index (χ2v) is 5.76. The number of halogens is 3. The first-order valence-electron chi connectivity index (χ1n) is 6.89. The van der Waals surface area contributed by atoms with E-state index in [1.54, 1.807) is 6.20 Å². The fraction of sp³-hybridized carbons (Fsp3) is 0.312. The van der Waals surface area contributed by atoms with Crippen LogP contribution in [0.1, 0.15) is 30.6 Å². The molecule has 0 radical (unpaired) electrons. The van der Waals surface area contributed by atoms with Gasteiger partial charge in [-0.2, -0.15) is 0 Å². The summed E-state index contributed by atoms with van der Waals surface area (Å²) in [6.07, 6.45) is 3.02. The molecule has 0 spiro atoms. The van der Waals surface area contributed by atoms with E-state index in [4.69, 9.17) is 0 Å². The van der Waals surface area contributed by atoms with Gasteiger partial charge in [0.25, 0.3) is 0 Å². The van der Waals surface area contributed by atoms with Gasteiger partial charge >= 0.3 is 0 Å². The second kappa shape index (κ2) is 7.61. The number of benzene rings is 1. The molecule has 0 aliphatic rings. The van der Waals surface area contributed by atoms with Crippen LogP contribution in [0.25, 0.3) is 0 Å². The Morgan fingerprint density at radius 1 is 1.24 bits per heavy atom.